The van der Waals surface area contributed by atoms with Gasteiger partial charge in [0, 0.05) is 24.3 Å². The number of aryl methyl sites for hydroxylation is 1. The van der Waals surface area contributed by atoms with E-state index in [0.717, 1.165) is 30.9 Å². The zero-order chi connectivity index (χ0) is 15.7. The summed E-state index contributed by atoms with van der Waals surface area (Å²) in [7, 11) is 0. The Bertz CT molecular complexity index is 631. The van der Waals surface area contributed by atoms with Crippen molar-refractivity contribution in [3.8, 4) is 0 Å². The molecule has 0 aromatic carbocycles. The van der Waals surface area contributed by atoms with Crippen molar-refractivity contribution in [1.82, 2.24) is 24.9 Å². The van der Waals surface area contributed by atoms with Gasteiger partial charge < -0.3 is 5.73 Å². The molecule has 6 heteroatoms. The number of aromatic nitrogens is 4. The van der Waals surface area contributed by atoms with Crippen molar-refractivity contribution in [2.75, 3.05) is 12.3 Å². The van der Waals surface area contributed by atoms with Crippen LogP contribution in [0.3, 0.4) is 0 Å². The van der Waals surface area contributed by atoms with Crippen LogP contribution in [-0.2, 0) is 6.54 Å². The third kappa shape index (κ3) is 2.97. The highest BCUT2D eigenvalue weighted by molar-refractivity contribution is 5.27. The largest absolute Gasteiger partial charge is 0.382 e. The van der Waals surface area contributed by atoms with Crippen molar-refractivity contribution in [2.45, 2.75) is 52.2 Å². The maximum absolute atomic E-state index is 5.64. The number of hydrogen-bond donors (Lipinski definition) is 1. The average molecular weight is 300 g/mol. The SMILES string of the molecule is Cc1nn(C(C)C)cc1CN1CCCC1c1ccc(N)nn1. The van der Waals surface area contributed by atoms with Gasteiger partial charge in [0.25, 0.3) is 0 Å². The molecule has 0 spiro atoms. The second-order valence-corrected chi connectivity index (χ2v) is 6.33. The van der Waals surface area contributed by atoms with E-state index >= 15 is 0 Å². The Balaban J connectivity index is 1.77. The van der Waals surface area contributed by atoms with Gasteiger partial charge in [-0.1, -0.05) is 0 Å². The Morgan fingerprint density at radius 2 is 2.14 bits per heavy atom. The predicted molar refractivity (Wildman–Crippen MR) is 86.2 cm³/mol. The summed E-state index contributed by atoms with van der Waals surface area (Å²) in [4.78, 5) is 2.47. The van der Waals surface area contributed by atoms with Gasteiger partial charge >= 0.3 is 0 Å². The van der Waals surface area contributed by atoms with Gasteiger partial charge in [0.15, 0.2) is 0 Å². The lowest BCUT2D eigenvalue weighted by atomic mass is 10.1. The van der Waals surface area contributed by atoms with Crippen molar-refractivity contribution in [3.05, 3.63) is 35.3 Å². The van der Waals surface area contributed by atoms with Crippen molar-refractivity contribution in [1.29, 1.82) is 0 Å². The molecule has 0 aliphatic carbocycles. The number of rotatable bonds is 4. The normalized spacial score (nSPS) is 19.2. The number of nitrogens with two attached hydrogens (primary N) is 1. The van der Waals surface area contributed by atoms with Crippen LogP contribution in [-0.4, -0.2) is 31.4 Å². The molecule has 2 N–H and O–H groups in total. The van der Waals surface area contributed by atoms with Gasteiger partial charge in [0.2, 0.25) is 0 Å². The summed E-state index contributed by atoms with van der Waals surface area (Å²) in [6.45, 7) is 8.39. The van der Waals surface area contributed by atoms with Crippen LogP contribution < -0.4 is 5.73 Å². The Hall–Kier alpha value is -1.95. The minimum Gasteiger partial charge on any atom is -0.382 e. The molecule has 0 amide bonds. The van der Waals surface area contributed by atoms with Crippen molar-refractivity contribution < 1.29 is 0 Å². The summed E-state index contributed by atoms with van der Waals surface area (Å²) in [6, 6.07) is 4.55. The molecule has 0 bridgehead atoms. The molecule has 1 saturated heterocycles. The van der Waals surface area contributed by atoms with Crippen LogP contribution in [0.2, 0.25) is 0 Å². The number of likely N-dealkylation sites (tertiary alicyclic amines) is 1. The van der Waals surface area contributed by atoms with Crippen LogP contribution >= 0.6 is 0 Å². The maximum atomic E-state index is 5.64. The van der Waals surface area contributed by atoms with E-state index in [-0.39, 0.29) is 0 Å². The smallest absolute Gasteiger partial charge is 0.146 e. The Kier molecular flexibility index (Phi) is 4.11. The van der Waals surface area contributed by atoms with Gasteiger partial charge in [-0.2, -0.15) is 10.2 Å². The fraction of sp³-hybridized carbons (Fsp3) is 0.562. The zero-order valence-corrected chi connectivity index (χ0v) is 13.5. The molecule has 22 heavy (non-hydrogen) atoms. The summed E-state index contributed by atoms with van der Waals surface area (Å²) in [5.41, 5.74) is 9.06. The summed E-state index contributed by atoms with van der Waals surface area (Å²) in [5, 5.41) is 12.9. The lowest BCUT2D eigenvalue weighted by molar-refractivity contribution is 0.243. The highest BCUT2D eigenvalue weighted by Crippen LogP contribution is 2.32. The molecule has 1 atom stereocenters. The summed E-state index contributed by atoms with van der Waals surface area (Å²) >= 11 is 0. The van der Waals surface area contributed by atoms with E-state index in [1.165, 1.54) is 12.0 Å². The average Bonchev–Trinajstić information content (AvgIpc) is 3.08. The number of anilines is 1. The number of hydrogen-bond acceptors (Lipinski definition) is 5. The van der Waals surface area contributed by atoms with E-state index in [1.54, 1.807) is 0 Å². The fourth-order valence-corrected chi connectivity index (χ4v) is 3.04. The maximum Gasteiger partial charge on any atom is 0.146 e. The number of nitrogens with zero attached hydrogens (tertiary/aromatic N) is 5. The van der Waals surface area contributed by atoms with Crippen LogP contribution in [0.4, 0.5) is 5.82 Å². The van der Waals surface area contributed by atoms with E-state index in [9.17, 15) is 0 Å². The van der Waals surface area contributed by atoms with Crippen LogP contribution in [0.25, 0.3) is 0 Å². The molecule has 0 saturated carbocycles. The summed E-state index contributed by atoms with van der Waals surface area (Å²) in [5.74, 6) is 0.474. The molecule has 3 heterocycles. The first-order valence-corrected chi connectivity index (χ1v) is 7.92. The standard InChI is InChI=1S/C16H24N6/c1-11(2)22-10-13(12(3)20-22)9-21-8-4-5-15(21)14-6-7-16(17)19-18-14/h6-7,10-11,15H,4-5,8-9H2,1-3H3,(H2,17,19). The van der Waals surface area contributed by atoms with Gasteiger partial charge in [-0.05, 0) is 52.3 Å². The van der Waals surface area contributed by atoms with Crippen LogP contribution in [0.1, 0.15) is 55.7 Å². The number of nitrogen functional groups attached to an aromatic ring is 1. The second kappa shape index (κ2) is 6.04. The minimum absolute atomic E-state index is 0.329. The van der Waals surface area contributed by atoms with Crippen LogP contribution in [0, 0.1) is 6.92 Å². The van der Waals surface area contributed by atoms with Crippen molar-refractivity contribution >= 4 is 5.82 Å². The highest BCUT2D eigenvalue weighted by Gasteiger charge is 2.28. The van der Waals surface area contributed by atoms with Gasteiger partial charge in [0.1, 0.15) is 5.82 Å². The lowest BCUT2D eigenvalue weighted by Crippen LogP contribution is -2.24. The molecule has 1 fully saturated rings. The molecular formula is C16H24N6. The van der Waals surface area contributed by atoms with Crippen molar-refractivity contribution in [2.24, 2.45) is 0 Å². The molecule has 2 aromatic rings. The summed E-state index contributed by atoms with van der Waals surface area (Å²) in [6.07, 6.45) is 4.48. The molecule has 1 aliphatic heterocycles. The molecule has 6 nitrogen and oxygen atoms in total. The molecule has 2 aromatic heterocycles. The molecule has 1 unspecified atom stereocenters. The molecule has 3 rings (SSSR count). The summed E-state index contributed by atoms with van der Waals surface area (Å²) < 4.78 is 2.04. The highest BCUT2D eigenvalue weighted by atomic mass is 15.3. The van der Waals surface area contributed by atoms with Crippen LogP contribution in [0.5, 0.6) is 0 Å². The van der Waals surface area contributed by atoms with Crippen LogP contribution in [0.15, 0.2) is 18.3 Å². The first-order chi connectivity index (χ1) is 10.5. The Labute approximate surface area is 131 Å². The second-order valence-electron chi connectivity index (χ2n) is 6.33. The first kappa shape index (κ1) is 15.0. The van der Waals surface area contributed by atoms with E-state index < -0.39 is 0 Å². The predicted octanol–water partition coefficient (Wildman–Crippen LogP) is 2.48. The monoisotopic (exact) mass is 300 g/mol. The molecule has 118 valence electrons. The zero-order valence-electron chi connectivity index (χ0n) is 13.5. The van der Waals surface area contributed by atoms with E-state index in [4.69, 9.17) is 5.73 Å². The third-order valence-corrected chi connectivity index (χ3v) is 4.33. The van der Waals surface area contributed by atoms with Gasteiger partial charge in [-0.25, -0.2) is 0 Å². The Morgan fingerprint density at radius 3 is 2.77 bits per heavy atom. The fourth-order valence-electron chi connectivity index (χ4n) is 3.04. The first-order valence-electron chi connectivity index (χ1n) is 7.92. The van der Waals surface area contributed by atoms with Gasteiger partial charge in [-0.15, -0.1) is 5.10 Å². The minimum atomic E-state index is 0.329. The molecular weight excluding hydrogens is 276 g/mol. The van der Waals surface area contributed by atoms with E-state index in [0.29, 0.717) is 17.9 Å². The van der Waals surface area contributed by atoms with E-state index in [2.05, 4.69) is 47.2 Å². The topological polar surface area (TPSA) is 72.9 Å². The third-order valence-electron chi connectivity index (χ3n) is 4.33. The molecule has 1 aliphatic rings. The quantitative estimate of drug-likeness (QED) is 0.939. The van der Waals surface area contributed by atoms with E-state index in [1.807, 2.05) is 16.8 Å². The van der Waals surface area contributed by atoms with Gasteiger partial charge in [0.05, 0.1) is 17.4 Å². The Morgan fingerprint density at radius 1 is 1.32 bits per heavy atom. The van der Waals surface area contributed by atoms with Crippen molar-refractivity contribution in [3.63, 3.8) is 0 Å². The van der Waals surface area contributed by atoms with Gasteiger partial charge in [-0.3, -0.25) is 9.58 Å². The molecule has 0 radical (unpaired) electrons. The lowest BCUT2D eigenvalue weighted by Gasteiger charge is -2.23.